The number of nitrogens with zero attached hydrogens (tertiary/aromatic N) is 1. The maximum Gasteiger partial charge on any atom is 0.197 e. The maximum absolute atomic E-state index is 15.2. The minimum absolute atomic E-state index is 0.254. The summed E-state index contributed by atoms with van der Waals surface area (Å²) in [6.45, 7) is 0. The van der Waals surface area contributed by atoms with Crippen LogP contribution in [0.1, 0.15) is 64.5 Å². The van der Waals surface area contributed by atoms with Crippen molar-refractivity contribution >= 4 is 52.0 Å². The number of hydrogen-bond acceptors (Lipinski definition) is 5. The van der Waals surface area contributed by atoms with Gasteiger partial charge in [-0.05, 0) is 47.5 Å². The van der Waals surface area contributed by atoms with Crippen molar-refractivity contribution in [3.8, 4) is 0 Å². The molecule has 0 aromatic heterocycles. The number of Topliss-reactive ketones (excluding diaryl/α,β-unsaturated/α-hetero) is 4. The molecular formula is C38H23Cl2NO4. The Kier molecular flexibility index (Phi) is 6.05. The molecule has 7 heteroatoms. The second-order valence-corrected chi connectivity index (χ2v) is 12.6. The highest BCUT2D eigenvalue weighted by Gasteiger charge is 2.80. The first-order valence-corrected chi connectivity index (χ1v) is 15.3. The van der Waals surface area contributed by atoms with Crippen molar-refractivity contribution in [3.63, 3.8) is 0 Å². The van der Waals surface area contributed by atoms with E-state index >= 15 is 19.2 Å². The zero-order chi connectivity index (χ0) is 31.1. The Balaban J connectivity index is 1.58. The van der Waals surface area contributed by atoms with E-state index in [0.29, 0.717) is 26.9 Å². The summed E-state index contributed by atoms with van der Waals surface area (Å²) >= 11 is 12.7. The first-order valence-electron chi connectivity index (χ1n) is 14.6. The highest BCUT2D eigenvalue weighted by molar-refractivity contribution is 6.39. The summed E-state index contributed by atoms with van der Waals surface area (Å²) < 4.78 is 0. The summed E-state index contributed by atoms with van der Waals surface area (Å²) in [4.78, 5) is 62.6. The van der Waals surface area contributed by atoms with Gasteiger partial charge in [0.15, 0.2) is 28.7 Å². The summed E-state index contributed by atoms with van der Waals surface area (Å²) in [7, 11) is 0. The molecule has 3 aliphatic rings. The third-order valence-corrected chi connectivity index (χ3v) is 10.1. The maximum atomic E-state index is 15.2. The Morgan fingerprint density at radius 2 is 0.867 bits per heavy atom. The van der Waals surface area contributed by atoms with Gasteiger partial charge in [-0.15, -0.1) is 0 Å². The molecule has 5 nitrogen and oxygen atoms in total. The fourth-order valence-electron chi connectivity index (χ4n) is 8.00. The van der Waals surface area contributed by atoms with E-state index in [1.54, 1.807) is 102 Å². The fraction of sp³-hybridized carbons (Fsp3) is 0.105. The molecule has 2 aliphatic carbocycles. The van der Waals surface area contributed by atoms with Crippen molar-refractivity contribution in [3.05, 3.63) is 171 Å². The topological polar surface area (TPSA) is 71.5 Å². The third kappa shape index (κ3) is 3.45. The summed E-state index contributed by atoms with van der Waals surface area (Å²) in [6.07, 6.45) is 0. The average Bonchev–Trinajstić information content (AvgIpc) is 3.57. The number of halogens is 2. The lowest BCUT2D eigenvalue weighted by Gasteiger charge is -2.40. The number of anilines is 1. The normalized spacial score (nSPS) is 20.7. The molecule has 8 rings (SSSR count). The summed E-state index contributed by atoms with van der Waals surface area (Å²) in [5, 5.41) is 0.905. The second-order valence-electron chi connectivity index (χ2n) is 11.7. The molecule has 0 radical (unpaired) electrons. The van der Waals surface area contributed by atoms with Gasteiger partial charge in [0.05, 0.1) is 6.04 Å². The molecule has 1 fully saturated rings. The Bertz CT molecular complexity index is 2000. The van der Waals surface area contributed by atoms with Crippen molar-refractivity contribution in [2.45, 2.75) is 17.5 Å². The van der Waals surface area contributed by atoms with Gasteiger partial charge in [0, 0.05) is 43.9 Å². The van der Waals surface area contributed by atoms with Crippen LogP contribution in [0.5, 0.6) is 0 Å². The summed E-state index contributed by atoms with van der Waals surface area (Å²) in [6, 6.07) is 35.2. The van der Waals surface area contributed by atoms with Gasteiger partial charge in [0.1, 0.15) is 5.41 Å². The number of rotatable bonds is 3. The quantitative estimate of drug-likeness (QED) is 0.188. The van der Waals surface area contributed by atoms with Gasteiger partial charge in [0.25, 0.3) is 0 Å². The number of fused-ring (bicyclic) bond motifs is 2. The van der Waals surface area contributed by atoms with Gasteiger partial charge in [-0.3, -0.25) is 19.2 Å². The van der Waals surface area contributed by atoms with Crippen molar-refractivity contribution in [1.82, 2.24) is 0 Å². The predicted octanol–water partition coefficient (Wildman–Crippen LogP) is 8.22. The summed E-state index contributed by atoms with van der Waals surface area (Å²) in [5.74, 6) is -3.00. The lowest BCUT2D eigenvalue weighted by molar-refractivity contribution is 0.0620. The van der Waals surface area contributed by atoms with Crippen LogP contribution in [0.4, 0.5) is 5.69 Å². The molecule has 0 N–H and O–H groups in total. The van der Waals surface area contributed by atoms with E-state index in [1.807, 2.05) is 30.3 Å². The first kappa shape index (κ1) is 27.7. The van der Waals surface area contributed by atoms with E-state index in [4.69, 9.17) is 23.2 Å². The molecule has 0 bridgehead atoms. The molecule has 45 heavy (non-hydrogen) atoms. The molecular weight excluding hydrogens is 605 g/mol. The van der Waals surface area contributed by atoms with Gasteiger partial charge >= 0.3 is 0 Å². The Morgan fingerprint density at radius 1 is 0.467 bits per heavy atom. The van der Waals surface area contributed by atoms with Crippen LogP contribution in [0.3, 0.4) is 0 Å². The Labute approximate surface area is 269 Å². The van der Waals surface area contributed by atoms with Gasteiger partial charge in [-0.25, -0.2) is 0 Å². The van der Waals surface area contributed by atoms with E-state index in [0.717, 1.165) is 0 Å². The van der Waals surface area contributed by atoms with Crippen molar-refractivity contribution < 1.29 is 19.2 Å². The van der Waals surface area contributed by atoms with Crippen LogP contribution in [0.25, 0.3) is 0 Å². The van der Waals surface area contributed by atoms with E-state index in [1.165, 1.54) is 0 Å². The van der Waals surface area contributed by atoms with Crippen LogP contribution in [-0.2, 0) is 0 Å². The molecule has 2 atom stereocenters. The lowest BCUT2D eigenvalue weighted by atomic mass is 9.60. The molecule has 0 saturated carbocycles. The average molecular weight is 629 g/mol. The van der Waals surface area contributed by atoms with Crippen LogP contribution >= 0.6 is 23.2 Å². The molecule has 1 saturated heterocycles. The molecule has 0 unspecified atom stereocenters. The SMILES string of the molecule is O=C1c2ccccc2C(=O)C12[C@@H](c1ccc(Cl)cc1)C1(C(=O)c3ccccc3C1=O)N(c1ccccc1)[C@@H]2c1ccc(Cl)cc1. The zero-order valence-corrected chi connectivity index (χ0v) is 25.1. The smallest absolute Gasteiger partial charge is 0.197 e. The van der Waals surface area contributed by atoms with E-state index in [-0.39, 0.29) is 22.3 Å². The highest BCUT2D eigenvalue weighted by Crippen LogP contribution is 2.69. The standard InChI is InChI=1S/C38H23Cl2NO4/c39-24-18-14-22(15-19-24)31-37(33(42)27-10-4-5-11-28(27)34(37)43)32(23-16-20-25(40)21-17-23)41(26-8-2-1-3-9-26)38(31)35(44)29-12-6-7-13-30(29)36(38)45/h1-21,31-32H/t31-,32-/m1/s1. The van der Waals surface area contributed by atoms with E-state index < -0.39 is 46.0 Å². The molecule has 2 spiro atoms. The molecule has 5 aromatic rings. The largest absolute Gasteiger partial charge is 0.343 e. The van der Waals surface area contributed by atoms with Crippen LogP contribution in [-0.4, -0.2) is 28.7 Å². The number of benzene rings is 5. The van der Waals surface area contributed by atoms with Crippen LogP contribution in [0, 0.1) is 5.41 Å². The van der Waals surface area contributed by atoms with E-state index in [2.05, 4.69) is 0 Å². The zero-order valence-electron chi connectivity index (χ0n) is 23.6. The molecule has 1 heterocycles. The minimum Gasteiger partial charge on any atom is -0.343 e. The third-order valence-electron chi connectivity index (χ3n) is 9.64. The van der Waals surface area contributed by atoms with Crippen molar-refractivity contribution in [2.75, 3.05) is 4.90 Å². The van der Waals surface area contributed by atoms with Gasteiger partial charge in [-0.1, -0.05) is 114 Å². The Hall–Kier alpha value is -4.84. The second kappa shape index (κ2) is 9.83. The number of carbonyl (C=O) groups is 4. The van der Waals surface area contributed by atoms with Crippen LogP contribution in [0.2, 0.25) is 10.0 Å². The molecule has 1 aliphatic heterocycles. The molecule has 218 valence electrons. The lowest BCUT2D eigenvalue weighted by Crippen LogP contribution is -2.57. The molecule has 0 amide bonds. The van der Waals surface area contributed by atoms with Gasteiger partial charge in [0.2, 0.25) is 0 Å². The van der Waals surface area contributed by atoms with E-state index in [9.17, 15) is 0 Å². The number of carbonyl (C=O) groups excluding carboxylic acids is 4. The minimum atomic E-state index is -1.99. The summed E-state index contributed by atoms with van der Waals surface area (Å²) in [5.41, 5.74) is -1.27. The predicted molar refractivity (Wildman–Crippen MR) is 173 cm³/mol. The monoisotopic (exact) mass is 627 g/mol. The van der Waals surface area contributed by atoms with Crippen LogP contribution < -0.4 is 4.90 Å². The van der Waals surface area contributed by atoms with Gasteiger partial charge < -0.3 is 4.90 Å². The molecule has 5 aromatic carbocycles. The highest BCUT2D eigenvalue weighted by atomic mass is 35.5. The fourth-order valence-corrected chi connectivity index (χ4v) is 8.26. The first-order chi connectivity index (χ1) is 21.8. The number of hydrogen-bond donors (Lipinski definition) is 0. The number of para-hydroxylation sites is 1. The number of ketones is 4. The van der Waals surface area contributed by atoms with Crippen LogP contribution in [0.15, 0.2) is 127 Å². The van der Waals surface area contributed by atoms with Crippen molar-refractivity contribution in [2.24, 2.45) is 5.41 Å². The van der Waals surface area contributed by atoms with Gasteiger partial charge in [-0.2, -0.15) is 0 Å². The van der Waals surface area contributed by atoms with Crippen molar-refractivity contribution in [1.29, 1.82) is 0 Å². The Morgan fingerprint density at radius 3 is 1.33 bits per heavy atom.